The van der Waals surface area contributed by atoms with Crippen molar-refractivity contribution < 1.29 is 0 Å². The third-order valence-electron chi connectivity index (χ3n) is 2.36. The standard InChI is InChI=1S/C12H13NS/c1-9-12(6-7-14-9)11-4-2-10(8-13)3-5-11/h2-7H,8,13H2,1H3. The van der Waals surface area contributed by atoms with Gasteiger partial charge in [-0.05, 0) is 35.1 Å². The SMILES string of the molecule is Cc1sccc1-c1ccc(CN)cc1. The fourth-order valence-electron chi connectivity index (χ4n) is 1.50. The maximum Gasteiger partial charge on any atom is 0.0178 e. The first-order chi connectivity index (χ1) is 6.81. The van der Waals surface area contributed by atoms with Crippen LogP contribution in [-0.2, 0) is 6.54 Å². The molecule has 0 radical (unpaired) electrons. The summed E-state index contributed by atoms with van der Waals surface area (Å²) >= 11 is 1.78. The zero-order chi connectivity index (χ0) is 9.97. The molecule has 0 aliphatic heterocycles. The smallest absolute Gasteiger partial charge is 0.0178 e. The summed E-state index contributed by atoms with van der Waals surface area (Å²) in [5.41, 5.74) is 9.34. The predicted molar refractivity (Wildman–Crippen MR) is 62.4 cm³/mol. The van der Waals surface area contributed by atoms with Crippen molar-refractivity contribution in [2.45, 2.75) is 13.5 Å². The van der Waals surface area contributed by atoms with Crippen molar-refractivity contribution in [1.82, 2.24) is 0 Å². The summed E-state index contributed by atoms with van der Waals surface area (Å²) in [4.78, 5) is 1.37. The van der Waals surface area contributed by atoms with Crippen molar-refractivity contribution in [1.29, 1.82) is 0 Å². The van der Waals surface area contributed by atoms with Crippen molar-refractivity contribution in [3.05, 3.63) is 46.2 Å². The van der Waals surface area contributed by atoms with Crippen LogP contribution in [0.2, 0.25) is 0 Å². The summed E-state index contributed by atoms with van der Waals surface area (Å²) in [6.07, 6.45) is 0. The molecule has 2 N–H and O–H groups in total. The van der Waals surface area contributed by atoms with E-state index < -0.39 is 0 Å². The number of hydrogen-bond acceptors (Lipinski definition) is 2. The monoisotopic (exact) mass is 203 g/mol. The van der Waals surface area contributed by atoms with Crippen molar-refractivity contribution >= 4 is 11.3 Å². The fraction of sp³-hybridized carbons (Fsp3) is 0.167. The van der Waals surface area contributed by atoms with E-state index >= 15 is 0 Å². The lowest BCUT2D eigenvalue weighted by Gasteiger charge is -2.01. The second-order valence-corrected chi connectivity index (χ2v) is 4.41. The molecule has 0 amide bonds. The Kier molecular flexibility index (Phi) is 2.66. The molecular weight excluding hydrogens is 190 g/mol. The van der Waals surface area contributed by atoms with Crippen LogP contribution in [-0.4, -0.2) is 0 Å². The Bertz CT molecular complexity index is 414. The first-order valence-electron chi connectivity index (χ1n) is 4.65. The molecular formula is C12H13NS. The van der Waals surface area contributed by atoms with E-state index in [1.54, 1.807) is 11.3 Å². The van der Waals surface area contributed by atoms with E-state index in [1.165, 1.54) is 21.6 Å². The summed E-state index contributed by atoms with van der Waals surface area (Å²) in [7, 11) is 0. The molecule has 0 saturated heterocycles. The first kappa shape index (κ1) is 9.44. The summed E-state index contributed by atoms with van der Waals surface area (Å²) in [6.45, 7) is 2.76. The van der Waals surface area contributed by atoms with Crippen LogP contribution in [0.1, 0.15) is 10.4 Å². The van der Waals surface area contributed by atoms with Crippen molar-refractivity contribution in [2.24, 2.45) is 5.73 Å². The van der Waals surface area contributed by atoms with Gasteiger partial charge in [-0.15, -0.1) is 11.3 Å². The van der Waals surface area contributed by atoms with Crippen LogP contribution < -0.4 is 5.73 Å². The summed E-state index contributed by atoms with van der Waals surface area (Å²) < 4.78 is 0. The second-order valence-electron chi connectivity index (χ2n) is 3.29. The van der Waals surface area contributed by atoms with Gasteiger partial charge in [-0.1, -0.05) is 24.3 Å². The molecule has 0 fully saturated rings. The highest BCUT2D eigenvalue weighted by atomic mass is 32.1. The third kappa shape index (κ3) is 1.72. The lowest BCUT2D eigenvalue weighted by molar-refractivity contribution is 1.07. The van der Waals surface area contributed by atoms with Gasteiger partial charge in [-0.2, -0.15) is 0 Å². The van der Waals surface area contributed by atoms with Gasteiger partial charge in [0.15, 0.2) is 0 Å². The van der Waals surface area contributed by atoms with Crippen LogP contribution in [0.3, 0.4) is 0 Å². The number of hydrogen-bond donors (Lipinski definition) is 1. The van der Waals surface area contributed by atoms with Crippen LogP contribution >= 0.6 is 11.3 Å². The quantitative estimate of drug-likeness (QED) is 0.797. The van der Waals surface area contributed by atoms with Gasteiger partial charge in [0, 0.05) is 11.4 Å². The van der Waals surface area contributed by atoms with E-state index in [-0.39, 0.29) is 0 Å². The van der Waals surface area contributed by atoms with E-state index in [0.717, 1.165) is 0 Å². The minimum absolute atomic E-state index is 0.614. The fourth-order valence-corrected chi connectivity index (χ4v) is 2.23. The Balaban J connectivity index is 2.39. The highest BCUT2D eigenvalue weighted by Gasteiger charge is 2.01. The lowest BCUT2D eigenvalue weighted by atomic mass is 10.1. The van der Waals surface area contributed by atoms with Crippen molar-refractivity contribution in [3.8, 4) is 11.1 Å². The molecule has 0 bridgehead atoms. The average molecular weight is 203 g/mol. The normalized spacial score (nSPS) is 10.4. The average Bonchev–Trinajstić information content (AvgIpc) is 2.65. The number of thiophene rings is 1. The molecule has 2 heteroatoms. The molecule has 72 valence electrons. The predicted octanol–water partition coefficient (Wildman–Crippen LogP) is 3.18. The Labute approximate surface area is 88.2 Å². The molecule has 0 aliphatic rings. The lowest BCUT2D eigenvalue weighted by Crippen LogP contribution is -1.95. The minimum Gasteiger partial charge on any atom is -0.326 e. The maximum atomic E-state index is 5.55. The van der Waals surface area contributed by atoms with Crippen molar-refractivity contribution in [2.75, 3.05) is 0 Å². The highest BCUT2D eigenvalue weighted by molar-refractivity contribution is 7.10. The van der Waals surface area contributed by atoms with Gasteiger partial charge in [-0.25, -0.2) is 0 Å². The summed E-state index contributed by atoms with van der Waals surface area (Å²) in [6, 6.07) is 10.6. The molecule has 0 unspecified atom stereocenters. The number of aryl methyl sites for hydroxylation is 1. The molecule has 2 rings (SSSR count). The van der Waals surface area contributed by atoms with E-state index in [2.05, 4.69) is 42.6 Å². The molecule has 0 aliphatic carbocycles. The summed E-state index contributed by atoms with van der Waals surface area (Å²) in [5.74, 6) is 0. The van der Waals surface area contributed by atoms with Gasteiger partial charge in [0.1, 0.15) is 0 Å². The molecule has 1 nitrogen and oxygen atoms in total. The van der Waals surface area contributed by atoms with Gasteiger partial charge in [-0.3, -0.25) is 0 Å². The van der Waals surface area contributed by atoms with Crippen LogP contribution in [0.5, 0.6) is 0 Å². The topological polar surface area (TPSA) is 26.0 Å². The van der Waals surface area contributed by atoms with Crippen LogP contribution in [0, 0.1) is 6.92 Å². The minimum atomic E-state index is 0.614. The number of benzene rings is 1. The van der Waals surface area contributed by atoms with Crippen LogP contribution in [0.15, 0.2) is 35.7 Å². The van der Waals surface area contributed by atoms with E-state index in [9.17, 15) is 0 Å². The third-order valence-corrected chi connectivity index (χ3v) is 3.21. The Morgan fingerprint density at radius 1 is 1.14 bits per heavy atom. The zero-order valence-electron chi connectivity index (χ0n) is 8.16. The molecule has 14 heavy (non-hydrogen) atoms. The zero-order valence-corrected chi connectivity index (χ0v) is 8.97. The molecule has 1 aromatic heterocycles. The van der Waals surface area contributed by atoms with Gasteiger partial charge >= 0.3 is 0 Å². The molecule has 2 aromatic rings. The molecule has 1 aromatic carbocycles. The van der Waals surface area contributed by atoms with Gasteiger partial charge in [0.2, 0.25) is 0 Å². The largest absolute Gasteiger partial charge is 0.326 e. The Morgan fingerprint density at radius 2 is 1.86 bits per heavy atom. The summed E-state index contributed by atoms with van der Waals surface area (Å²) in [5, 5.41) is 2.13. The Morgan fingerprint density at radius 3 is 2.36 bits per heavy atom. The van der Waals surface area contributed by atoms with E-state index in [1.807, 2.05) is 0 Å². The second kappa shape index (κ2) is 3.95. The Hall–Kier alpha value is -1.12. The number of rotatable bonds is 2. The first-order valence-corrected chi connectivity index (χ1v) is 5.52. The molecule has 0 spiro atoms. The van der Waals surface area contributed by atoms with Crippen LogP contribution in [0.4, 0.5) is 0 Å². The van der Waals surface area contributed by atoms with Gasteiger partial charge in [0.05, 0.1) is 0 Å². The molecule has 1 heterocycles. The van der Waals surface area contributed by atoms with E-state index in [0.29, 0.717) is 6.54 Å². The molecule has 0 saturated carbocycles. The van der Waals surface area contributed by atoms with Gasteiger partial charge in [0.25, 0.3) is 0 Å². The number of nitrogens with two attached hydrogens (primary N) is 1. The molecule has 0 atom stereocenters. The van der Waals surface area contributed by atoms with Crippen molar-refractivity contribution in [3.63, 3.8) is 0 Å². The maximum absolute atomic E-state index is 5.55. The van der Waals surface area contributed by atoms with Crippen LogP contribution in [0.25, 0.3) is 11.1 Å². The highest BCUT2D eigenvalue weighted by Crippen LogP contribution is 2.27. The van der Waals surface area contributed by atoms with Gasteiger partial charge < -0.3 is 5.73 Å². The van der Waals surface area contributed by atoms with E-state index in [4.69, 9.17) is 5.73 Å².